The lowest BCUT2D eigenvalue weighted by molar-refractivity contribution is 0.199. The molecule has 0 unspecified atom stereocenters. The Balaban J connectivity index is 2.21. The zero-order valence-electron chi connectivity index (χ0n) is 11.1. The number of hydrogen-bond donors (Lipinski definition) is 1. The number of furan rings is 1. The SMILES string of the molecule is COCCNCc1coc2c(OC)cc(C)cc12. The fourth-order valence-electron chi connectivity index (χ4n) is 1.98. The van der Waals surface area contributed by atoms with E-state index in [1.165, 1.54) is 5.56 Å². The van der Waals surface area contributed by atoms with Crippen LogP contribution in [-0.2, 0) is 11.3 Å². The van der Waals surface area contributed by atoms with Crippen molar-refractivity contribution in [3.05, 3.63) is 29.5 Å². The van der Waals surface area contributed by atoms with E-state index in [2.05, 4.69) is 18.3 Å². The second-order valence-electron chi connectivity index (χ2n) is 4.27. The van der Waals surface area contributed by atoms with Gasteiger partial charge in [-0.1, -0.05) is 0 Å². The van der Waals surface area contributed by atoms with Gasteiger partial charge in [0.15, 0.2) is 11.3 Å². The fourth-order valence-corrected chi connectivity index (χ4v) is 1.98. The average Bonchev–Trinajstić information content (AvgIpc) is 2.77. The minimum Gasteiger partial charge on any atom is -0.493 e. The van der Waals surface area contributed by atoms with Crippen LogP contribution < -0.4 is 10.1 Å². The van der Waals surface area contributed by atoms with Crippen LogP contribution in [0.15, 0.2) is 22.8 Å². The molecule has 1 aromatic heterocycles. The first-order valence-electron chi connectivity index (χ1n) is 6.00. The summed E-state index contributed by atoms with van der Waals surface area (Å²) in [6.45, 7) is 4.35. The third kappa shape index (κ3) is 2.66. The third-order valence-electron chi connectivity index (χ3n) is 2.88. The largest absolute Gasteiger partial charge is 0.493 e. The van der Waals surface area contributed by atoms with E-state index < -0.39 is 0 Å². The molecule has 1 N–H and O–H groups in total. The Morgan fingerprint density at radius 3 is 2.83 bits per heavy atom. The van der Waals surface area contributed by atoms with Crippen molar-refractivity contribution >= 4 is 11.0 Å². The van der Waals surface area contributed by atoms with Gasteiger partial charge in [-0.15, -0.1) is 0 Å². The van der Waals surface area contributed by atoms with Gasteiger partial charge in [0.05, 0.1) is 20.0 Å². The normalized spacial score (nSPS) is 11.1. The van der Waals surface area contributed by atoms with Gasteiger partial charge in [-0.3, -0.25) is 0 Å². The van der Waals surface area contributed by atoms with E-state index >= 15 is 0 Å². The van der Waals surface area contributed by atoms with Gasteiger partial charge in [-0.05, 0) is 24.6 Å². The van der Waals surface area contributed by atoms with Gasteiger partial charge in [0.25, 0.3) is 0 Å². The van der Waals surface area contributed by atoms with Crippen LogP contribution in [0.25, 0.3) is 11.0 Å². The quantitative estimate of drug-likeness (QED) is 0.799. The molecule has 0 saturated carbocycles. The molecule has 0 aliphatic carbocycles. The van der Waals surface area contributed by atoms with Crippen LogP contribution in [0, 0.1) is 6.92 Å². The number of methoxy groups -OCH3 is 2. The molecule has 0 bridgehead atoms. The molecule has 0 amide bonds. The van der Waals surface area contributed by atoms with E-state index in [4.69, 9.17) is 13.9 Å². The standard InChI is InChI=1S/C14H19NO3/c1-10-6-12-11(8-15-4-5-16-2)9-18-14(12)13(7-10)17-3/h6-7,9,15H,4-5,8H2,1-3H3. The van der Waals surface area contributed by atoms with Gasteiger partial charge in [-0.2, -0.15) is 0 Å². The Hall–Kier alpha value is -1.52. The summed E-state index contributed by atoms with van der Waals surface area (Å²) in [5.74, 6) is 0.785. The molecule has 1 aromatic carbocycles. The van der Waals surface area contributed by atoms with E-state index in [0.717, 1.165) is 35.4 Å². The predicted molar refractivity (Wildman–Crippen MR) is 71.1 cm³/mol. The Morgan fingerprint density at radius 2 is 2.11 bits per heavy atom. The van der Waals surface area contributed by atoms with Crippen LogP contribution in [-0.4, -0.2) is 27.4 Å². The molecule has 0 aliphatic rings. The van der Waals surface area contributed by atoms with Crippen LogP contribution in [0.5, 0.6) is 5.75 Å². The van der Waals surface area contributed by atoms with Crippen molar-refractivity contribution in [2.45, 2.75) is 13.5 Å². The monoisotopic (exact) mass is 249 g/mol. The van der Waals surface area contributed by atoms with Gasteiger partial charge in [-0.25, -0.2) is 0 Å². The maximum atomic E-state index is 5.59. The van der Waals surface area contributed by atoms with Crippen LogP contribution in [0.3, 0.4) is 0 Å². The smallest absolute Gasteiger partial charge is 0.176 e. The predicted octanol–water partition coefficient (Wildman–Crippen LogP) is 2.49. The zero-order chi connectivity index (χ0) is 13.0. The first-order chi connectivity index (χ1) is 8.76. The molecule has 18 heavy (non-hydrogen) atoms. The highest BCUT2D eigenvalue weighted by Gasteiger charge is 2.11. The second kappa shape index (κ2) is 5.89. The van der Waals surface area contributed by atoms with Crippen molar-refractivity contribution in [1.29, 1.82) is 0 Å². The summed E-state index contributed by atoms with van der Waals surface area (Å²) in [6.07, 6.45) is 1.78. The number of rotatable bonds is 6. The van der Waals surface area contributed by atoms with Gasteiger partial charge in [0.2, 0.25) is 0 Å². The summed E-state index contributed by atoms with van der Waals surface area (Å²) >= 11 is 0. The van der Waals surface area contributed by atoms with Crippen LogP contribution in [0.4, 0.5) is 0 Å². The Labute approximate surface area is 107 Å². The molecule has 0 spiro atoms. The molecule has 4 heteroatoms. The van der Waals surface area contributed by atoms with E-state index in [1.807, 2.05) is 6.07 Å². The van der Waals surface area contributed by atoms with E-state index in [9.17, 15) is 0 Å². The van der Waals surface area contributed by atoms with Gasteiger partial charge < -0.3 is 19.2 Å². The average molecular weight is 249 g/mol. The van der Waals surface area contributed by atoms with E-state index in [1.54, 1.807) is 20.5 Å². The molecule has 0 fully saturated rings. The lowest BCUT2D eigenvalue weighted by Gasteiger charge is -2.04. The zero-order valence-corrected chi connectivity index (χ0v) is 11.1. The molecule has 0 atom stereocenters. The summed E-state index contributed by atoms with van der Waals surface area (Å²) in [7, 11) is 3.36. The lowest BCUT2D eigenvalue weighted by atomic mass is 10.1. The molecule has 0 saturated heterocycles. The topological polar surface area (TPSA) is 43.6 Å². The van der Waals surface area contributed by atoms with Crippen LogP contribution >= 0.6 is 0 Å². The van der Waals surface area contributed by atoms with Crippen molar-refractivity contribution in [3.8, 4) is 5.75 Å². The highest BCUT2D eigenvalue weighted by molar-refractivity contribution is 5.87. The third-order valence-corrected chi connectivity index (χ3v) is 2.88. The number of hydrogen-bond acceptors (Lipinski definition) is 4. The second-order valence-corrected chi connectivity index (χ2v) is 4.27. The van der Waals surface area contributed by atoms with Crippen molar-refractivity contribution in [2.75, 3.05) is 27.4 Å². The maximum absolute atomic E-state index is 5.59. The summed E-state index contributed by atoms with van der Waals surface area (Å²) in [5.41, 5.74) is 3.12. The Morgan fingerprint density at radius 1 is 1.28 bits per heavy atom. The van der Waals surface area contributed by atoms with E-state index in [-0.39, 0.29) is 0 Å². The first kappa shape index (κ1) is 12.9. The number of ether oxygens (including phenoxy) is 2. The molecular formula is C14H19NO3. The molecule has 98 valence electrons. The van der Waals surface area contributed by atoms with E-state index in [0.29, 0.717) is 6.61 Å². The summed E-state index contributed by atoms with van der Waals surface area (Å²) < 4.78 is 15.9. The van der Waals surface area contributed by atoms with Crippen LogP contribution in [0.2, 0.25) is 0 Å². The van der Waals surface area contributed by atoms with Crippen molar-refractivity contribution in [3.63, 3.8) is 0 Å². The maximum Gasteiger partial charge on any atom is 0.176 e. The molecule has 1 heterocycles. The minimum atomic E-state index is 0.706. The lowest BCUT2D eigenvalue weighted by Crippen LogP contribution is -2.18. The number of nitrogens with one attached hydrogen (secondary N) is 1. The van der Waals surface area contributed by atoms with Crippen molar-refractivity contribution in [2.24, 2.45) is 0 Å². The highest BCUT2D eigenvalue weighted by atomic mass is 16.5. The molecule has 0 aliphatic heterocycles. The molecule has 2 aromatic rings. The van der Waals surface area contributed by atoms with Gasteiger partial charge in [0.1, 0.15) is 0 Å². The number of benzene rings is 1. The van der Waals surface area contributed by atoms with Crippen LogP contribution in [0.1, 0.15) is 11.1 Å². The van der Waals surface area contributed by atoms with Crippen molar-refractivity contribution < 1.29 is 13.9 Å². The Bertz CT molecular complexity index is 519. The number of fused-ring (bicyclic) bond motifs is 1. The van der Waals surface area contributed by atoms with Gasteiger partial charge >= 0.3 is 0 Å². The summed E-state index contributed by atoms with van der Waals surface area (Å²) in [4.78, 5) is 0. The number of aryl methyl sites for hydroxylation is 1. The molecule has 0 radical (unpaired) electrons. The minimum absolute atomic E-state index is 0.706. The molecular weight excluding hydrogens is 230 g/mol. The summed E-state index contributed by atoms with van der Waals surface area (Å²) in [5, 5.41) is 4.42. The Kier molecular flexibility index (Phi) is 4.23. The fraction of sp³-hybridized carbons (Fsp3) is 0.429. The molecule has 2 rings (SSSR count). The molecule has 4 nitrogen and oxygen atoms in total. The first-order valence-corrected chi connectivity index (χ1v) is 6.00. The summed E-state index contributed by atoms with van der Waals surface area (Å²) in [6, 6.07) is 4.10. The van der Waals surface area contributed by atoms with Crippen molar-refractivity contribution in [1.82, 2.24) is 5.32 Å². The highest BCUT2D eigenvalue weighted by Crippen LogP contribution is 2.31. The van der Waals surface area contributed by atoms with Gasteiger partial charge in [0, 0.05) is 31.1 Å².